The highest BCUT2D eigenvalue weighted by molar-refractivity contribution is 7.96. The summed E-state index contributed by atoms with van der Waals surface area (Å²) in [5.41, 5.74) is 0.471. The summed E-state index contributed by atoms with van der Waals surface area (Å²) < 4.78 is 41.7. The molecule has 168 valence electrons. The molecule has 5 nitrogen and oxygen atoms in total. The van der Waals surface area contributed by atoms with Crippen molar-refractivity contribution in [1.82, 2.24) is 14.3 Å². The zero-order chi connectivity index (χ0) is 22.0. The van der Waals surface area contributed by atoms with E-state index < -0.39 is 11.7 Å². The number of anilines is 3. The molecule has 4 rings (SSSR count). The van der Waals surface area contributed by atoms with Crippen LogP contribution in [0.2, 0.25) is 0 Å². The first kappa shape index (κ1) is 22.2. The molecular formula is C22H28F3N5S. The molecule has 0 aliphatic carbocycles. The summed E-state index contributed by atoms with van der Waals surface area (Å²) in [6.07, 6.45) is 3.23. The number of piperidine rings is 1. The van der Waals surface area contributed by atoms with E-state index in [1.54, 1.807) is 11.9 Å². The minimum absolute atomic E-state index is 0.150. The van der Waals surface area contributed by atoms with Crippen molar-refractivity contribution in [2.24, 2.45) is 0 Å². The normalized spacial score (nSPS) is 20.9. The summed E-state index contributed by atoms with van der Waals surface area (Å²) in [5, 5.41) is 3.03. The Labute approximate surface area is 185 Å². The molecule has 1 atom stereocenters. The summed E-state index contributed by atoms with van der Waals surface area (Å²) in [7, 11) is 0. The van der Waals surface area contributed by atoms with Crippen LogP contribution in [0, 0.1) is 0 Å². The maximum Gasteiger partial charge on any atom is 0.416 e. The Morgan fingerprint density at radius 2 is 1.84 bits per heavy atom. The number of nitrogens with one attached hydrogen (secondary N) is 1. The van der Waals surface area contributed by atoms with E-state index in [2.05, 4.69) is 38.8 Å². The number of alkyl halides is 3. The molecule has 2 aromatic rings. The Morgan fingerprint density at radius 3 is 2.48 bits per heavy atom. The van der Waals surface area contributed by atoms with Crippen molar-refractivity contribution in [1.29, 1.82) is 0 Å². The van der Waals surface area contributed by atoms with Gasteiger partial charge in [0.15, 0.2) is 0 Å². The molecule has 0 aromatic carbocycles. The summed E-state index contributed by atoms with van der Waals surface area (Å²) in [4.78, 5) is 11.1. The van der Waals surface area contributed by atoms with E-state index in [0.29, 0.717) is 17.8 Å². The van der Waals surface area contributed by atoms with Crippen molar-refractivity contribution in [2.75, 3.05) is 36.1 Å². The number of pyridine rings is 2. The zero-order valence-electron chi connectivity index (χ0n) is 17.8. The Kier molecular flexibility index (Phi) is 6.62. The van der Waals surface area contributed by atoms with Crippen LogP contribution in [0.3, 0.4) is 0 Å². The van der Waals surface area contributed by atoms with Crippen molar-refractivity contribution in [3.05, 3.63) is 41.6 Å². The molecule has 0 radical (unpaired) electrons. The van der Waals surface area contributed by atoms with Crippen molar-refractivity contribution >= 4 is 29.4 Å². The second-order valence-corrected chi connectivity index (χ2v) is 9.15. The van der Waals surface area contributed by atoms with Crippen LogP contribution in [0.25, 0.3) is 0 Å². The van der Waals surface area contributed by atoms with E-state index in [0.717, 1.165) is 63.3 Å². The van der Waals surface area contributed by atoms with E-state index in [1.165, 1.54) is 11.8 Å². The van der Waals surface area contributed by atoms with Gasteiger partial charge in [0.05, 0.1) is 5.56 Å². The van der Waals surface area contributed by atoms with Gasteiger partial charge in [-0.2, -0.15) is 13.2 Å². The molecule has 2 aliphatic heterocycles. The predicted octanol–water partition coefficient (Wildman–Crippen LogP) is 5.69. The minimum Gasteiger partial charge on any atom is -0.354 e. The highest BCUT2D eigenvalue weighted by atomic mass is 32.2. The van der Waals surface area contributed by atoms with E-state index in [-0.39, 0.29) is 5.82 Å². The number of halogens is 3. The van der Waals surface area contributed by atoms with Gasteiger partial charge in [-0.3, -0.25) is 4.31 Å². The zero-order valence-corrected chi connectivity index (χ0v) is 18.6. The van der Waals surface area contributed by atoms with Crippen molar-refractivity contribution in [2.45, 2.75) is 50.7 Å². The summed E-state index contributed by atoms with van der Waals surface area (Å²) in [5.74, 6) is 2.00. The second-order valence-electron chi connectivity index (χ2n) is 8.27. The smallest absolute Gasteiger partial charge is 0.354 e. The Hall–Kier alpha value is -2.00. The topological polar surface area (TPSA) is 44.3 Å². The molecule has 0 amide bonds. The SMILES string of the molecule is CSN1CCC(c2cc(Nc3cc(C(F)(F)F)ccn3)nc(N3CCCC3C)c2)CC1. The lowest BCUT2D eigenvalue weighted by molar-refractivity contribution is -0.137. The van der Waals surface area contributed by atoms with Crippen LogP contribution in [0.15, 0.2) is 30.5 Å². The quantitative estimate of drug-likeness (QED) is 0.590. The number of hydrogen-bond acceptors (Lipinski definition) is 6. The van der Waals surface area contributed by atoms with Crippen LogP contribution in [0.4, 0.5) is 30.6 Å². The van der Waals surface area contributed by atoms with Crippen molar-refractivity contribution in [3.8, 4) is 0 Å². The highest BCUT2D eigenvalue weighted by Gasteiger charge is 2.31. The first-order valence-electron chi connectivity index (χ1n) is 10.7. The summed E-state index contributed by atoms with van der Waals surface area (Å²) in [6.45, 7) is 5.20. The Morgan fingerprint density at radius 1 is 1.06 bits per heavy atom. The first-order valence-corrected chi connectivity index (χ1v) is 11.9. The maximum atomic E-state index is 13.1. The molecule has 0 bridgehead atoms. The number of hydrogen-bond donors (Lipinski definition) is 1. The number of nitrogens with zero attached hydrogens (tertiary/aromatic N) is 4. The fourth-order valence-electron chi connectivity index (χ4n) is 4.44. The van der Waals surface area contributed by atoms with Crippen LogP contribution in [-0.4, -0.2) is 46.2 Å². The van der Waals surface area contributed by atoms with E-state index >= 15 is 0 Å². The number of aromatic nitrogens is 2. The van der Waals surface area contributed by atoms with Crippen LogP contribution in [-0.2, 0) is 6.18 Å². The standard InChI is InChI=1S/C22H28F3N5S/c1-15-4-3-9-30(15)21-13-17(16-6-10-29(31-2)11-7-16)12-20(28-21)27-19-14-18(5-8-26-19)22(23,24)25/h5,8,12-16H,3-4,6-7,9-11H2,1-2H3,(H,26,27,28). The third-order valence-corrected chi connectivity index (χ3v) is 7.09. The van der Waals surface area contributed by atoms with Gasteiger partial charge in [-0.05, 0) is 74.6 Å². The summed E-state index contributed by atoms with van der Waals surface area (Å²) >= 11 is 1.78. The molecule has 0 saturated carbocycles. The van der Waals surface area contributed by atoms with Gasteiger partial charge in [-0.15, -0.1) is 0 Å². The molecule has 2 aliphatic rings. The van der Waals surface area contributed by atoms with Crippen molar-refractivity contribution < 1.29 is 13.2 Å². The Bertz CT molecular complexity index is 899. The van der Waals surface area contributed by atoms with Gasteiger partial charge >= 0.3 is 6.18 Å². The molecule has 4 heterocycles. The molecule has 31 heavy (non-hydrogen) atoms. The molecule has 0 spiro atoms. The van der Waals surface area contributed by atoms with Crippen LogP contribution >= 0.6 is 11.9 Å². The van der Waals surface area contributed by atoms with Gasteiger partial charge in [0.1, 0.15) is 17.5 Å². The van der Waals surface area contributed by atoms with Gasteiger partial charge in [-0.1, -0.05) is 11.9 Å². The van der Waals surface area contributed by atoms with Gasteiger partial charge in [0.2, 0.25) is 0 Å². The van der Waals surface area contributed by atoms with Crippen molar-refractivity contribution in [3.63, 3.8) is 0 Å². The highest BCUT2D eigenvalue weighted by Crippen LogP contribution is 2.35. The lowest BCUT2D eigenvalue weighted by Gasteiger charge is -2.31. The fraction of sp³-hybridized carbons (Fsp3) is 0.545. The van der Waals surface area contributed by atoms with Gasteiger partial charge < -0.3 is 10.2 Å². The molecule has 2 aromatic heterocycles. The van der Waals surface area contributed by atoms with Crippen LogP contribution in [0.5, 0.6) is 0 Å². The van der Waals surface area contributed by atoms with E-state index in [9.17, 15) is 13.2 Å². The lowest BCUT2D eigenvalue weighted by Crippen LogP contribution is -2.29. The predicted molar refractivity (Wildman–Crippen MR) is 120 cm³/mol. The molecular weight excluding hydrogens is 423 g/mol. The second kappa shape index (κ2) is 9.24. The van der Waals surface area contributed by atoms with Crippen LogP contribution in [0.1, 0.15) is 49.7 Å². The maximum absolute atomic E-state index is 13.1. The first-order chi connectivity index (χ1) is 14.8. The average molecular weight is 452 g/mol. The minimum atomic E-state index is -4.41. The van der Waals surface area contributed by atoms with Gasteiger partial charge in [-0.25, -0.2) is 9.97 Å². The third-order valence-electron chi connectivity index (χ3n) is 6.21. The largest absolute Gasteiger partial charge is 0.416 e. The van der Waals surface area contributed by atoms with Crippen LogP contribution < -0.4 is 10.2 Å². The molecule has 2 saturated heterocycles. The van der Waals surface area contributed by atoms with E-state index in [4.69, 9.17) is 4.98 Å². The molecule has 2 fully saturated rings. The van der Waals surface area contributed by atoms with E-state index in [1.807, 2.05) is 6.07 Å². The fourth-order valence-corrected chi connectivity index (χ4v) is 5.01. The van der Waals surface area contributed by atoms with Gasteiger partial charge in [0.25, 0.3) is 0 Å². The molecule has 1 unspecified atom stereocenters. The average Bonchev–Trinajstić information content (AvgIpc) is 3.19. The lowest BCUT2D eigenvalue weighted by atomic mass is 9.90. The Balaban J connectivity index is 1.63. The molecule has 1 N–H and O–H groups in total. The summed E-state index contributed by atoms with van der Waals surface area (Å²) in [6, 6.07) is 6.56. The van der Waals surface area contributed by atoms with Gasteiger partial charge in [0, 0.05) is 31.9 Å². The third kappa shape index (κ3) is 5.26. The monoisotopic (exact) mass is 451 g/mol. The number of rotatable bonds is 5. The molecule has 9 heteroatoms.